The summed E-state index contributed by atoms with van der Waals surface area (Å²) in [5.74, 6) is 3.24. The average molecular weight is 387 g/mol. The molecule has 1 aromatic rings. The number of rotatable bonds is 6. The molecule has 154 valence electrons. The molecule has 2 amide bonds. The Bertz CT molecular complexity index is 673. The molecule has 0 spiro atoms. The number of hydrogen-bond donors (Lipinski definition) is 2. The predicted octanol–water partition coefficient (Wildman–Crippen LogP) is 3.93. The summed E-state index contributed by atoms with van der Waals surface area (Å²) < 4.78 is 5.88. The van der Waals surface area contributed by atoms with Crippen LogP contribution in [0.25, 0.3) is 0 Å². The molecule has 2 fully saturated rings. The van der Waals surface area contributed by atoms with Gasteiger partial charge in [0.1, 0.15) is 5.75 Å². The van der Waals surface area contributed by atoms with Crippen LogP contribution in [0.2, 0.25) is 0 Å². The number of nitrogens with one attached hydrogen (secondary N) is 1. The van der Waals surface area contributed by atoms with E-state index in [-0.39, 0.29) is 11.6 Å². The maximum absolute atomic E-state index is 12.3. The number of benzene rings is 1. The van der Waals surface area contributed by atoms with Gasteiger partial charge in [0.2, 0.25) is 0 Å². The quantitative estimate of drug-likeness (QED) is 0.574. The van der Waals surface area contributed by atoms with E-state index >= 15 is 0 Å². The number of aliphatic imine (C=N–C) groups is 1. The fourth-order valence-corrected chi connectivity index (χ4v) is 4.15. The van der Waals surface area contributed by atoms with Crippen molar-refractivity contribution in [3.8, 4) is 5.75 Å². The molecule has 6 nitrogen and oxygen atoms in total. The minimum atomic E-state index is -0.173. The fraction of sp³-hybridized carbons (Fsp3) is 0.636. The second-order valence-corrected chi connectivity index (χ2v) is 9.07. The molecule has 0 aromatic heterocycles. The van der Waals surface area contributed by atoms with Crippen LogP contribution in [0.5, 0.6) is 5.75 Å². The van der Waals surface area contributed by atoms with Crippen molar-refractivity contribution in [3.63, 3.8) is 0 Å². The highest BCUT2D eigenvalue weighted by molar-refractivity contribution is 5.75. The van der Waals surface area contributed by atoms with Gasteiger partial charge in [-0.25, -0.2) is 9.79 Å². The van der Waals surface area contributed by atoms with E-state index < -0.39 is 0 Å². The second kappa shape index (κ2) is 8.84. The lowest BCUT2D eigenvalue weighted by Gasteiger charge is -2.34. The molecule has 28 heavy (non-hydrogen) atoms. The molecule has 6 heteroatoms. The molecule has 1 aliphatic carbocycles. The smallest absolute Gasteiger partial charge is 0.317 e. The minimum absolute atomic E-state index is 0.0786. The highest BCUT2D eigenvalue weighted by atomic mass is 16.5. The molecule has 0 radical (unpaired) electrons. The molecular weight excluding hydrogens is 352 g/mol. The number of piperidine rings is 1. The Balaban J connectivity index is 1.33. The Hall–Kier alpha value is -2.24. The van der Waals surface area contributed by atoms with Crippen LogP contribution in [0.4, 0.5) is 10.5 Å². The first kappa shape index (κ1) is 20.5. The third-order valence-electron chi connectivity index (χ3n) is 5.71. The summed E-state index contributed by atoms with van der Waals surface area (Å²) in [6, 6.07) is 7.76. The van der Waals surface area contributed by atoms with Crippen LogP contribution in [0.3, 0.4) is 0 Å². The van der Waals surface area contributed by atoms with Gasteiger partial charge in [0.05, 0.1) is 18.6 Å². The van der Waals surface area contributed by atoms with Gasteiger partial charge in [-0.05, 0) is 88.5 Å². The number of nitrogens with two attached hydrogens (primary N) is 1. The third-order valence-corrected chi connectivity index (χ3v) is 5.71. The first-order chi connectivity index (χ1) is 13.4. The predicted molar refractivity (Wildman–Crippen MR) is 113 cm³/mol. The number of likely N-dealkylation sites (tertiary alicyclic amines) is 1. The summed E-state index contributed by atoms with van der Waals surface area (Å²) in [6.07, 6.45) is 5.97. The molecule has 0 bridgehead atoms. The maximum atomic E-state index is 12.3. The van der Waals surface area contributed by atoms with Gasteiger partial charge in [-0.1, -0.05) is 0 Å². The second-order valence-electron chi connectivity index (χ2n) is 9.07. The van der Waals surface area contributed by atoms with E-state index in [1.54, 1.807) is 0 Å². The van der Waals surface area contributed by atoms with Gasteiger partial charge in [0.15, 0.2) is 0 Å². The van der Waals surface area contributed by atoms with E-state index in [0.29, 0.717) is 0 Å². The zero-order valence-corrected chi connectivity index (χ0v) is 17.4. The van der Waals surface area contributed by atoms with E-state index in [1.807, 2.05) is 49.9 Å². The topological polar surface area (TPSA) is 80.0 Å². The molecule has 2 aliphatic rings. The summed E-state index contributed by atoms with van der Waals surface area (Å²) in [4.78, 5) is 18.3. The number of nitrogens with zero attached hydrogens (tertiary/aromatic N) is 2. The highest BCUT2D eigenvalue weighted by Gasteiger charge is 2.43. The molecule has 3 N–H and O–H groups in total. The highest BCUT2D eigenvalue weighted by Crippen LogP contribution is 2.49. The molecular formula is C22H34N4O2. The van der Waals surface area contributed by atoms with Crippen molar-refractivity contribution in [2.75, 3.05) is 19.7 Å². The van der Waals surface area contributed by atoms with Crippen molar-refractivity contribution in [1.29, 1.82) is 0 Å². The molecule has 3 rings (SSSR count). The monoisotopic (exact) mass is 386 g/mol. The molecule has 1 aromatic carbocycles. The van der Waals surface area contributed by atoms with Gasteiger partial charge in [-0.15, -0.1) is 0 Å². The van der Waals surface area contributed by atoms with E-state index in [4.69, 9.17) is 10.5 Å². The molecule has 1 aliphatic heterocycles. The zero-order valence-electron chi connectivity index (χ0n) is 17.4. The summed E-state index contributed by atoms with van der Waals surface area (Å²) >= 11 is 0. The van der Waals surface area contributed by atoms with Gasteiger partial charge >= 0.3 is 6.03 Å². The number of ether oxygens (including phenoxy) is 1. The van der Waals surface area contributed by atoms with Crippen LogP contribution in [-0.2, 0) is 0 Å². The largest absolute Gasteiger partial charge is 0.494 e. The van der Waals surface area contributed by atoms with Gasteiger partial charge < -0.3 is 20.7 Å². The lowest BCUT2D eigenvalue weighted by Crippen LogP contribution is -2.50. The molecule has 1 saturated carbocycles. The third kappa shape index (κ3) is 5.88. The number of hydrogen-bond acceptors (Lipinski definition) is 3. The van der Waals surface area contributed by atoms with Gasteiger partial charge in [0, 0.05) is 18.6 Å². The maximum Gasteiger partial charge on any atom is 0.317 e. The van der Waals surface area contributed by atoms with Gasteiger partial charge in [-0.2, -0.15) is 0 Å². The fourth-order valence-electron chi connectivity index (χ4n) is 4.15. The standard InChI is InChI=1S/C22H34N4O2/c1-22(2,3)25-21(27)26-11-8-16(9-12-26)20-14-17(20)10-13-28-19-6-4-18(5-7-19)24-15-23/h4-7,15-17,20H,8-14H2,1-3H3,(H2,23,24)(H,25,27)/t17-,20-/m1/s1. The molecule has 1 heterocycles. The Morgan fingerprint density at radius 1 is 1.29 bits per heavy atom. The lowest BCUT2D eigenvalue weighted by molar-refractivity contribution is 0.155. The molecule has 2 atom stereocenters. The molecule has 1 saturated heterocycles. The van der Waals surface area contributed by atoms with Crippen molar-refractivity contribution in [1.82, 2.24) is 10.2 Å². The van der Waals surface area contributed by atoms with E-state index in [0.717, 1.165) is 68.1 Å². The van der Waals surface area contributed by atoms with Crippen molar-refractivity contribution >= 4 is 18.1 Å². The zero-order chi connectivity index (χ0) is 20.1. The van der Waals surface area contributed by atoms with Crippen LogP contribution in [0.15, 0.2) is 29.3 Å². The van der Waals surface area contributed by atoms with Crippen molar-refractivity contribution < 1.29 is 9.53 Å². The van der Waals surface area contributed by atoms with Crippen molar-refractivity contribution in [3.05, 3.63) is 24.3 Å². The number of carbonyl (C=O) groups excluding carboxylic acids is 1. The summed E-state index contributed by atoms with van der Waals surface area (Å²) in [7, 11) is 0. The number of amides is 2. The average Bonchev–Trinajstić information content (AvgIpc) is 3.42. The van der Waals surface area contributed by atoms with Crippen molar-refractivity contribution in [2.45, 2.75) is 52.0 Å². The molecule has 0 unspecified atom stereocenters. The van der Waals surface area contributed by atoms with Crippen LogP contribution in [0.1, 0.15) is 46.5 Å². The van der Waals surface area contributed by atoms with Gasteiger partial charge in [-0.3, -0.25) is 0 Å². The summed E-state index contributed by atoms with van der Waals surface area (Å²) in [6.45, 7) is 8.59. The van der Waals surface area contributed by atoms with Crippen LogP contribution in [0, 0.1) is 17.8 Å². The van der Waals surface area contributed by atoms with Gasteiger partial charge in [0.25, 0.3) is 0 Å². The Morgan fingerprint density at radius 3 is 2.57 bits per heavy atom. The SMILES string of the molecule is CC(C)(C)NC(=O)N1CCC([C@H]2C[C@H]2CCOc2ccc(N=CN)cc2)CC1. The van der Waals surface area contributed by atoms with Crippen LogP contribution in [-0.4, -0.2) is 42.5 Å². The number of urea groups is 1. The Morgan fingerprint density at radius 2 is 1.96 bits per heavy atom. The first-order valence-electron chi connectivity index (χ1n) is 10.4. The summed E-state index contributed by atoms with van der Waals surface area (Å²) in [5, 5.41) is 3.07. The normalized spacial score (nSPS) is 23.0. The Kier molecular flexibility index (Phi) is 6.47. The van der Waals surface area contributed by atoms with E-state index in [2.05, 4.69) is 10.3 Å². The summed E-state index contributed by atoms with van der Waals surface area (Å²) in [5.41, 5.74) is 5.95. The first-order valence-corrected chi connectivity index (χ1v) is 10.4. The minimum Gasteiger partial charge on any atom is -0.494 e. The number of carbonyl (C=O) groups is 1. The lowest BCUT2D eigenvalue weighted by atomic mass is 9.90. The van der Waals surface area contributed by atoms with Crippen LogP contribution >= 0.6 is 0 Å². The van der Waals surface area contributed by atoms with E-state index in [9.17, 15) is 4.79 Å². The Labute approximate surface area is 168 Å². The van der Waals surface area contributed by atoms with Crippen LogP contribution < -0.4 is 15.8 Å². The van der Waals surface area contributed by atoms with E-state index in [1.165, 1.54) is 12.8 Å². The van der Waals surface area contributed by atoms with Crippen molar-refractivity contribution in [2.24, 2.45) is 28.5 Å².